The zero-order valence-electron chi connectivity index (χ0n) is 30.0. The maximum atomic E-state index is 5.29. The van der Waals surface area contributed by atoms with Crippen LogP contribution in [-0.2, 0) is 0 Å². The molecule has 2 aliphatic rings. The van der Waals surface area contributed by atoms with Crippen LogP contribution in [0.5, 0.6) is 0 Å². The van der Waals surface area contributed by atoms with Crippen LogP contribution in [0, 0.1) is 0 Å². The molecule has 0 fully saturated rings. The molecule has 1 unspecified atom stereocenters. The van der Waals surface area contributed by atoms with E-state index in [0.29, 0.717) is 5.92 Å². The van der Waals surface area contributed by atoms with Crippen molar-refractivity contribution in [3.8, 4) is 33.8 Å². The Morgan fingerprint density at radius 3 is 1.87 bits per heavy atom. The van der Waals surface area contributed by atoms with Gasteiger partial charge in [0.2, 0.25) is 0 Å². The van der Waals surface area contributed by atoms with E-state index >= 15 is 0 Å². The first-order chi connectivity index (χ1) is 26.8. The predicted octanol–water partition coefficient (Wildman–Crippen LogP) is 13.8. The Hall–Kier alpha value is -6.64. The van der Waals surface area contributed by atoms with Crippen LogP contribution in [0.25, 0.3) is 77.2 Å². The van der Waals surface area contributed by atoms with E-state index < -0.39 is 0 Å². The van der Waals surface area contributed by atoms with E-state index in [9.17, 15) is 0 Å². The Balaban J connectivity index is 1.09. The first-order valence-electron chi connectivity index (χ1n) is 19.0. The summed E-state index contributed by atoms with van der Waals surface area (Å²) < 4.78 is 0. The van der Waals surface area contributed by atoms with E-state index in [1.165, 1.54) is 54.6 Å². The van der Waals surface area contributed by atoms with Crippen molar-refractivity contribution in [3.05, 3.63) is 205 Å². The molecule has 7 aromatic carbocycles. The van der Waals surface area contributed by atoms with Crippen molar-refractivity contribution in [2.24, 2.45) is 0 Å². The Bertz CT molecular complexity index is 2790. The number of fused-ring (bicyclic) bond motifs is 3. The van der Waals surface area contributed by atoms with Gasteiger partial charge >= 0.3 is 0 Å². The molecule has 2 nitrogen and oxygen atoms in total. The van der Waals surface area contributed by atoms with Crippen LogP contribution in [0.15, 0.2) is 188 Å². The van der Waals surface area contributed by atoms with Crippen LogP contribution in [0.4, 0.5) is 0 Å². The summed E-state index contributed by atoms with van der Waals surface area (Å²) in [4.78, 5) is 10.5. The lowest BCUT2D eigenvalue weighted by Gasteiger charge is -2.20. The van der Waals surface area contributed by atoms with Crippen molar-refractivity contribution in [2.45, 2.75) is 25.2 Å². The second-order valence-electron chi connectivity index (χ2n) is 14.3. The van der Waals surface area contributed by atoms with E-state index in [1.807, 2.05) is 0 Å². The SMILES string of the molecule is C1=CCCC(c2c3ccccc3c(-c3cccc(-c4nc(C5=CCC(c6cccc7ccccc67)C=C5)cc(-c5ccccc5)n4)c3)c3ccccc23)=C1. The van der Waals surface area contributed by atoms with Crippen molar-refractivity contribution in [2.75, 3.05) is 0 Å². The first kappa shape index (κ1) is 32.0. The van der Waals surface area contributed by atoms with Gasteiger partial charge in [0.05, 0.1) is 11.4 Å². The zero-order chi connectivity index (χ0) is 35.8. The molecule has 1 aromatic heterocycles. The molecule has 2 heteroatoms. The first-order valence-corrected chi connectivity index (χ1v) is 19.0. The average Bonchev–Trinajstić information content (AvgIpc) is 3.26. The van der Waals surface area contributed by atoms with Crippen molar-refractivity contribution in [3.63, 3.8) is 0 Å². The molecular formula is C52H38N2. The summed E-state index contributed by atoms with van der Waals surface area (Å²) in [6.07, 6.45) is 16.8. The van der Waals surface area contributed by atoms with Crippen LogP contribution in [-0.4, -0.2) is 9.97 Å². The molecule has 0 bridgehead atoms. The van der Waals surface area contributed by atoms with Gasteiger partial charge in [-0.3, -0.25) is 0 Å². The average molecular weight is 691 g/mol. The highest BCUT2D eigenvalue weighted by molar-refractivity contribution is 6.19. The van der Waals surface area contributed by atoms with Gasteiger partial charge in [-0.15, -0.1) is 0 Å². The van der Waals surface area contributed by atoms with Crippen LogP contribution < -0.4 is 0 Å². The second-order valence-corrected chi connectivity index (χ2v) is 14.3. The van der Waals surface area contributed by atoms with E-state index in [0.717, 1.165) is 58.7 Å². The standard InChI is InChI=1S/C52H38N2/c1-3-16-37(17-4-1)48-34-49(38-31-29-36(30-32-38)43-28-14-20-35-15-7-8-23-42(35)43)54-52(53-48)41-22-13-21-40(33-41)51-46-26-11-9-24-44(46)50(39-18-5-2-6-19-39)45-25-10-12-27-47(45)51/h1-5,7-18,20-29,31-34,36H,6,19,30H2. The van der Waals surface area contributed by atoms with Crippen LogP contribution in [0.1, 0.15) is 42.0 Å². The lowest BCUT2D eigenvalue weighted by Crippen LogP contribution is -2.02. The van der Waals surface area contributed by atoms with E-state index in [4.69, 9.17) is 9.97 Å². The van der Waals surface area contributed by atoms with Crippen molar-refractivity contribution < 1.29 is 0 Å². The minimum absolute atomic E-state index is 0.313. The Morgan fingerprint density at radius 2 is 1.15 bits per heavy atom. The number of benzene rings is 7. The molecule has 1 atom stereocenters. The van der Waals surface area contributed by atoms with Gasteiger partial charge in [0.1, 0.15) is 0 Å². The molecule has 0 amide bonds. The van der Waals surface area contributed by atoms with Crippen LogP contribution >= 0.6 is 0 Å². The quantitative estimate of drug-likeness (QED) is 0.162. The Labute approximate surface area is 316 Å². The van der Waals surface area contributed by atoms with Gasteiger partial charge in [0, 0.05) is 17.0 Å². The van der Waals surface area contributed by atoms with Crippen LogP contribution in [0.2, 0.25) is 0 Å². The van der Waals surface area contributed by atoms with E-state index in [2.05, 4.69) is 188 Å². The fourth-order valence-electron chi connectivity index (χ4n) is 8.51. The Kier molecular flexibility index (Phi) is 8.15. The molecular weight excluding hydrogens is 653 g/mol. The molecule has 8 aromatic rings. The molecule has 1 heterocycles. The highest BCUT2D eigenvalue weighted by Gasteiger charge is 2.20. The second kappa shape index (κ2) is 13.7. The minimum Gasteiger partial charge on any atom is -0.228 e. The molecule has 0 aliphatic heterocycles. The number of nitrogens with zero attached hydrogens (tertiary/aromatic N) is 2. The summed E-state index contributed by atoms with van der Waals surface area (Å²) in [5.41, 5.74) is 11.6. The fraction of sp³-hybridized carbons (Fsp3) is 0.0769. The van der Waals surface area contributed by atoms with Gasteiger partial charge in [-0.25, -0.2) is 9.97 Å². The van der Waals surface area contributed by atoms with Gasteiger partial charge in [-0.2, -0.15) is 0 Å². The third kappa shape index (κ3) is 5.77. The summed E-state index contributed by atoms with van der Waals surface area (Å²) in [6, 6.07) is 54.6. The zero-order valence-corrected chi connectivity index (χ0v) is 30.0. The molecule has 0 spiro atoms. The van der Waals surface area contributed by atoms with Crippen molar-refractivity contribution >= 4 is 43.5 Å². The van der Waals surface area contributed by atoms with Crippen LogP contribution in [0.3, 0.4) is 0 Å². The monoisotopic (exact) mass is 690 g/mol. The summed E-state index contributed by atoms with van der Waals surface area (Å²) in [6.45, 7) is 0. The molecule has 0 saturated heterocycles. The maximum Gasteiger partial charge on any atom is 0.160 e. The lowest BCUT2D eigenvalue weighted by atomic mass is 9.84. The Morgan fingerprint density at radius 1 is 0.519 bits per heavy atom. The van der Waals surface area contributed by atoms with Gasteiger partial charge < -0.3 is 0 Å². The number of allylic oxidation sites excluding steroid dienone is 8. The maximum absolute atomic E-state index is 5.29. The van der Waals surface area contributed by atoms with E-state index in [1.54, 1.807) is 0 Å². The molecule has 10 rings (SSSR count). The summed E-state index contributed by atoms with van der Waals surface area (Å²) in [5.74, 6) is 1.04. The smallest absolute Gasteiger partial charge is 0.160 e. The van der Waals surface area contributed by atoms with Gasteiger partial charge in [0.25, 0.3) is 0 Å². The number of rotatable bonds is 6. The van der Waals surface area contributed by atoms with E-state index in [-0.39, 0.29) is 0 Å². The summed E-state index contributed by atoms with van der Waals surface area (Å²) in [5, 5.41) is 7.71. The lowest BCUT2D eigenvalue weighted by molar-refractivity contribution is 0.864. The molecule has 0 radical (unpaired) electrons. The number of hydrogen-bond acceptors (Lipinski definition) is 2. The third-order valence-corrected chi connectivity index (χ3v) is 11.1. The predicted molar refractivity (Wildman–Crippen MR) is 228 cm³/mol. The van der Waals surface area contributed by atoms with Gasteiger partial charge in [-0.1, -0.05) is 176 Å². The molecule has 256 valence electrons. The highest BCUT2D eigenvalue weighted by Crippen LogP contribution is 2.44. The molecule has 2 aliphatic carbocycles. The largest absolute Gasteiger partial charge is 0.228 e. The number of aromatic nitrogens is 2. The molecule has 54 heavy (non-hydrogen) atoms. The summed E-state index contributed by atoms with van der Waals surface area (Å²) >= 11 is 0. The van der Waals surface area contributed by atoms with Crippen molar-refractivity contribution in [1.29, 1.82) is 0 Å². The highest BCUT2D eigenvalue weighted by atomic mass is 14.9. The fourth-order valence-corrected chi connectivity index (χ4v) is 8.51. The van der Waals surface area contributed by atoms with Gasteiger partial charge in [0.15, 0.2) is 5.82 Å². The van der Waals surface area contributed by atoms with Crippen molar-refractivity contribution in [1.82, 2.24) is 9.97 Å². The third-order valence-electron chi connectivity index (χ3n) is 11.1. The number of hydrogen-bond donors (Lipinski definition) is 0. The summed E-state index contributed by atoms with van der Waals surface area (Å²) in [7, 11) is 0. The normalized spacial score (nSPS) is 15.4. The minimum atomic E-state index is 0.313. The molecule has 0 N–H and O–H groups in total. The topological polar surface area (TPSA) is 25.8 Å². The molecule has 0 saturated carbocycles. The van der Waals surface area contributed by atoms with Gasteiger partial charge in [-0.05, 0) is 97.1 Å².